The minimum absolute atomic E-state index is 0.0104. The fourth-order valence-corrected chi connectivity index (χ4v) is 1.71. The average Bonchev–Trinajstić information content (AvgIpc) is 2.34. The molecule has 6 heteroatoms. The van der Waals surface area contributed by atoms with Crippen LogP contribution in [0, 0.1) is 0 Å². The second kappa shape index (κ2) is 7.52. The van der Waals surface area contributed by atoms with Gasteiger partial charge in [0, 0.05) is 0 Å². The highest BCUT2D eigenvalue weighted by atomic mass is 16.6. The SMILES string of the molecule is CC(C)(C)OC(=O)N[C@H](COC(N)=O)Cc1ccccc1. The molecule has 2 amide bonds. The summed E-state index contributed by atoms with van der Waals surface area (Å²) in [4.78, 5) is 22.5. The fraction of sp³-hybridized carbons (Fsp3) is 0.467. The number of nitrogens with two attached hydrogens (primary N) is 1. The highest BCUT2D eigenvalue weighted by Crippen LogP contribution is 2.08. The number of carbonyl (C=O) groups excluding carboxylic acids is 2. The molecule has 0 heterocycles. The van der Waals surface area contributed by atoms with E-state index in [1.165, 1.54) is 0 Å². The molecule has 6 nitrogen and oxygen atoms in total. The number of hydrogen-bond acceptors (Lipinski definition) is 4. The van der Waals surface area contributed by atoms with E-state index in [1.807, 2.05) is 30.3 Å². The third-order valence-electron chi connectivity index (χ3n) is 2.47. The lowest BCUT2D eigenvalue weighted by Crippen LogP contribution is -2.43. The number of primary amides is 1. The van der Waals surface area contributed by atoms with Crippen LogP contribution in [0.1, 0.15) is 26.3 Å². The third-order valence-corrected chi connectivity index (χ3v) is 2.47. The van der Waals surface area contributed by atoms with Crippen LogP contribution in [0.15, 0.2) is 30.3 Å². The molecule has 21 heavy (non-hydrogen) atoms. The van der Waals surface area contributed by atoms with Crippen molar-refractivity contribution in [1.29, 1.82) is 0 Å². The van der Waals surface area contributed by atoms with Crippen LogP contribution in [0.3, 0.4) is 0 Å². The predicted molar refractivity (Wildman–Crippen MR) is 78.8 cm³/mol. The molecule has 0 aromatic heterocycles. The molecule has 0 radical (unpaired) electrons. The standard InChI is InChI=1S/C15H22N2O4/c1-15(2,3)21-14(19)17-12(10-20-13(16)18)9-11-7-5-4-6-8-11/h4-8,12H,9-10H2,1-3H3,(H2,16,18)(H,17,19)/t12-/m0/s1. The molecule has 1 atom stereocenters. The molecule has 0 unspecified atom stereocenters. The van der Waals surface area contributed by atoms with Crippen molar-refractivity contribution < 1.29 is 19.1 Å². The number of amides is 2. The first-order chi connectivity index (χ1) is 9.76. The molecule has 116 valence electrons. The maximum Gasteiger partial charge on any atom is 0.408 e. The Kier molecular flexibility index (Phi) is 6.02. The molecular weight excluding hydrogens is 272 g/mol. The molecule has 0 fully saturated rings. The molecular formula is C15H22N2O4. The molecule has 1 aromatic carbocycles. The summed E-state index contributed by atoms with van der Waals surface area (Å²) in [5.41, 5.74) is 5.38. The van der Waals surface area contributed by atoms with Gasteiger partial charge in [-0.15, -0.1) is 0 Å². The Hall–Kier alpha value is -2.24. The number of benzene rings is 1. The summed E-state index contributed by atoms with van der Waals surface area (Å²) in [7, 11) is 0. The van der Waals surface area contributed by atoms with Crippen LogP contribution in [0.25, 0.3) is 0 Å². The van der Waals surface area contributed by atoms with Crippen LogP contribution in [0.5, 0.6) is 0 Å². The van der Waals surface area contributed by atoms with E-state index in [1.54, 1.807) is 20.8 Å². The van der Waals surface area contributed by atoms with Crippen molar-refractivity contribution >= 4 is 12.2 Å². The Bertz CT molecular complexity index is 468. The summed E-state index contributed by atoms with van der Waals surface area (Å²) in [5.74, 6) is 0. The summed E-state index contributed by atoms with van der Waals surface area (Å²) < 4.78 is 9.97. The Morgan fingerprint density at radius 2 is 1.86 bits per heavy atom. The van der Waals surface area contributed by atoms with Gasteiger partial charge in [0.05, 0.1) is 6.04 Å². The van der Waals surface area contributed by atoms with E-state index in [0.717, 1.165) is 5.56 Å². The van der Waals surface area contributed by atoms with Gasteiger partial charge in [0.1, 0.15) is 12.2 Å². The highest BCUT2D eigenvalue weighted by Gasteiger charge is 2.20. The van der Waals surface area contributed by atoms with Crippen molar-refractivity contribution in [3.05, 3.63) is 35.9 Å². The monoisotopic (exact) mass is 294 g/mol. The average molecular weight is 294 g/mol. The zero-order chi connectivity index (χ0) is 15.9. The van der Waals surface area contributed by atoms with E-state index < -0.39 is 23.8 Å². The number of alkyl carbamates (subject to hydrolysis) is 1. The third kappa shape index (κ3) is 7.81. The Labute approximate surface area is 124 Å². The van der Waals surface area contributed by atoms with Gasteiger partial charge in [-0.1, -0.05) is 30.3 Å². The van der Waals surface area contributed by atoms with Crippen LogP contribution < -0.4 is 11.1 Å². The van der Waals surface area contributed by atoms with Crippen LogP contribution in [0.2, 0.25) is 0 Å². The van der Waals surface area contributed by atoms with Gasteiger partial charge in [-0.25, -0.2) is 9.59 Å². The van der Waals surface area contributed by atoms with Gasteiger partial charge in [0.15, 0.2) is 0 Å². The van der Waals surface area contributed by atoms with Gasteiger partial charge in [-0.05, 0) is 32.8 Å². The topological polar surface area (TPSA) is 90.7 Å². The van der Waals surface area contributed by atoms with Gasteiger partial charge in [-0.2, -0.15) is 0 Å². The summed E-state index contributed by atoms with van der Waals surface area (Å²) in [6.45, 7) is 5.32. The van der Waals surface area contributed by atoms with Crippen molar-refractivity contribution in [3.8, 4) is 0 Å². The van der Waals surface area contributed by atoms with Crippen molar-refractivity contribution in [1.82, 2.24) is 5.32 Å². The van der Waals surface area contributed by atoms with E-state index >= 15 is 0 Å². The fourth-order valence-electron chi connectivity index (χ4n) is 1.71. The first-order valence-corrected chi connectivity index (χ1v) is 6.72. The lowest BCUT2D eigenvalue weighted by molar-refractivity contribution is 0.0474. The Morgan fingerprint density at radius 1 is 1.24 bits per heavy atom. The zero-order valence-corrected chi connectivity index (χ0v) is 12.6. The number of nitrogens with one attached hydrogen (secondary N) is 1. The minimum Gasteiger partial charge on any atom is -0.448 e. The summed E-state index contributed by atoms with van der Waals surface area (Å²) in [6, 6.07) is 9.14. The quantitative estimate of drug-likeness (QED) is 0.871. The molecule has 0 aliphatic heterocycles. The van der Waals surface area contributed by atoms with Gasteiger partial charge >= 0.3 is 12.2 Å². The van der Waals surface area contributed by atoms with E-state index in [-0.39, 0.29) is 6.61 Å². The molecule has 0 saturated heterocycles. The van der Waals surface area contributed by atoms with E-state index in [0.29, 0.717) is 6.42 Å². The van der Waals surface area contributed by atoms with Crippen molar-refractivity contribution in [2.45, 2.75) is 38.8 Å². The van der Waals surface area contributed by atoms with Crippen molar-refractivity contribution in [2.24, 2.45) is 5.73 Å². The second-order valence-corrected chi connectivity index (χ2v) is 5.66. The summed E-state index contributed by atoms with van der Waals surface area (Å²) in [5, 5.41) is 2.68. The smallest absolute Gasteiger partial charge is 0.408 e. The lowest BCUT2D eigenvalue weighted by atomic mass is 10.1. The number of ether oxygens (including phenoxy) is 2. The molecule has 3 N–H and O–H groups in total. The van der Waals surface area contributed by atoms with Crippen molar-refractivity contribution in [2.75, 3.05) is 6.61 Å². The zero-order valence-electron chi connectivity index (χ0n) is 12.6. The maximum absolute atomic E-state index is 11.8. The summed E-state index contributed by atoms with van der Waals surface area (Å²) >= 11 is 0. The Balaban J connectivity index is 2.63. The molecule has 1 rings (SSSR count). The van der Waals surface area contributed by atoms with Gasteiger partial charge in [-0.3, -0.25) is 0 Å². The van der Waals surface area contributed by atoms with Crippen LogP contribution in [-0.4, -0.2) is 30.4 Å². The number of rotatable bonds is 5. The van der Waals surface area contributed by atoms with Crippen LogP contribution >= 0.6 is 0 Å². The highest BCUT2D eigenvalue weighted by molar-refractivity contribution is 5.68. The second-order valence-electron chi connectivity index (χ2n) is 5.66. The number of carbonyl (C=O) groups is 2. The van der Waals surface area contributed by atoms with Crippen molar-refractivity contribution in [3.63, 3.8) is 0 Å². The lowest BCUT2D eigenvalue weighted by Gasteiger charge is -2.23. The molecule has 0 saturated carbocycles. The van der Waals surface area contributed by atoms with E-state index in [9.17, 15) is 9.59 Å². The molecule has 0 spiro atoms. The van der Waals surface area contributed by atoms with E-state index in [2.05, 4.69) is 5.32 Å². The Morgan fingerprint density at radius 3 is 2.38 bits per heavy atom. The van der Waals surface area contributed by atoms with E-state index in [4.69, 9.17) is 15.2 Å². The van der Waals surface area contributed by atoms with Gasteiger partial charge in [0.25, 0.3) is 0 Å². The van der Waals surface area contributed by atoms with Crippen LogP contribution in [0.4, 0.5) is 9.59 Å². The van der Waals surface area contributed by atoms with Gasteiger partial charge in [0.2, 0.25) is 0 Å². The minimum atomic E-state index is -0.876. The van der Waals surface area contributed by atoms with Crippen LogP contribution in [-0.2, 0) is 15.9 Å². The largest absolute Gasteiger partial charge is 0.448 e. The normalized spacial score (nSPS) is 12.3. The van der Waals surface area contributed by atoms with Gasteiger partial charge < -0.3 is 20.5 Å². The molecule has 0 bridgehead atoms. The summed E-state index contributed by atoms with van der Waals surface area (Å²) in [6.07, 6.45) is -0.927. The molecule has 0 aliphatic rings. The first kappa shape index (κ1) is 16.8. The predicted octanol–water partition coefficient (Wildman–Crippen LogP) is 2.22. The molecule has 0 aliphatic carbocycles. The maximum atomic E-state index is 11.8. The first-order valence-electron chi connectivity index (χ1n) is 6.72. The number of hydrogen-bond donors (Lipinski definition) is 2. The molecule has 1 aromatic rings.